The lowest BCUT2D eigenvalue weighted by molar-refractivity contribution is 0.141. The maximum Gasteiger partial charge on any atom is 0.231 e. The first-order valence-electron chi connectivity index (χ1n) is 8.97. The summed E-state index contributed by atoms with van der Waals surface area (Å²) in [7, 11) is 1.70. The Balaban J connectivity index is 0.00000196. The standard InChI is InChI=1S/C21H25NO3.ClH/c1-14(2)22-9-8-16-11-20-21(25-13-24-20)12-18(16)19(22)10-15-4-6-17(23-3)7-5-15;/h4-7,11-12,14,19H,8-10,13H2,1-3H3;1H. The van der Waals surface area contributed by atoms with E-state index in [0.29, 0.717) is 18.9 Å². The molecule has 4 rings (SSSR count). The largest absolute Gasteiger partial charge is 0.497 e. The van der Waals surface area contributed by atoms with E-state index in [0.717, 1.165) is 36.6 Å². The number of hydrogen-bond donors (Lipinski definition) is 0. The summed E-state index contributed by atoms with van der Waals surface area (Å²) in [5, 5.41) is 0. The van der Waals surface area contributed by atoms with Crippen molar-refractivity contribution in [3.63, 3.8) is 0 Å². The molecule has 0 N–H and O–H groups in total. The molecule has 2 aromatic carbocycles. The molecule has 0 aliphatic carbocycles. The fraction of sp³-hybridized carbons (Fsp3) is 0.429. The molecular formula is C21H26ClNO3. The van der Waals surface area contributed by atoms with Gasteiger partial charge < -0.3 is 14.2 Å². The summed E-state index contributed by atoms with van der Waals surface area (Å²) < 4.78 is 16.5. The first-order valence-corrected chi connectivity index (χ1v) is 8.97. The van der Waals surface area contributed by atoms with Crippen LogP contribution < -0.4 is 14.2 Å². The van der Waals surface area contributed by atoms with Crippen LogP contribution in [0.2, 0.25) is 0 Å². The fourth-order valence-corrected chi connectivity index (χ4v) is 3.94. The molecule has 5 heteroatoms. The maximum absolute atomic E-state index is 5.63. The highest BCUT2D eigenvalue weighted by Gasteiger charge is 2.31. The van der Waals surface area contributed by atoms with Crippen molar-refractivity contribution in [2.75, 3.05) is 20.4 Å². The van der Waals surface area contributed by atoms with E-state index in [1.807, 2.05) is 12.1 Å². The van der Waals surface area contributed by atoms with Gasteiger partial charge in [0.25, 0.3) is 0 Å². The number of hydrogen-bond acceptors (Lipinski definition) is 4. The van der Waals surface area contributed by atoms with Gasteiger partial charge in [-0.05, 0) is 67.6 Å². The minimum atomic E-state index is 0. The van der Waals surface area contributed by atoms with Crippen LogP contribution in [0.5, 0.6) is 17.2 Å². The number of benzene rings is 2. The van der Waals surface area contributed by atoms with E-state index < -0.39 is 0 Å². The van der Waals surface area contributed by atoms with Crippen LogP contribution in [0.15, 0.2) is 36.4 Å². The summed E-state index contributed by atoms with van der Waals surface area (Å²) in [6.07, 6.45) is 2.04. The molecule has 0 bridgehead atoms. The Bertz CT molecular complexity index is 761. The Morgan fingerprint density at radius 3 is 2.46 bits per heavy atom. The van der Waals surface area contributed by atoms with E-state index in [1.54, 1.807) is 7.11 Å². The van der Waals surface area contributed by atoms with Crippen molar-refractivity contribution >= 4 is 12.4 Å². The second-order valence-electron chi connectivity index (χ2n) is 7.05. The summed E-state index contributed by atoms with van der Waals surface area (Å²) in [5.41, 5.74) is 4.08. The van der Waals surface area contributed by atoms with Gasteiger partial charge in [-0.25, -0.2) is 0 Å². The van der Waals surface area contributed by atoms with E-state index in [9.17, 15) is 0 Å². The SMILES string of the molecule is COc1ccc(CC2c3cc4c(cc3CCN2C(C)C)OCO4)cc1.Cl. The zero-order chi connectivity index (χ0) is 17.4. The van der Waals surface area contributed by atoms with E-state index in [-0.39, 0.29) is 12.4 Å². The molecule has 0 saturated carbocycles. The molecule has 2 aliphatic rings. The average Bonchev–Trinajstić information content (AvgIpc) is 3.08. The smallest absolute Gasteiger partial charge is 0.231 e. The predicted molar refractivity (Wildman–Crippen MR) is 105 cm³/mol. The van der Waals surface area contributed by atoms with Gasteiger partial charge in [0.2, 0.25) is 6.79 Å². The molecule has 0 saturated heterocycles. The van der Waals surface area contributed by atoms with Crippen molar-refractivity contribution in [2.45, 2.75) is 38.8 Å². The van der Waals surface area contributed by atoms with Gasteiger partial charge >= 0.3 is 0 Å². The van der Waals surface area contributed by atoms with Crippen LogP contribution in [0.1, 0.15) is 36.6 Å². The van der Waals surface area contributed by atoms with Crippen molar-refractivity contribution in [3.05, 3.63) is 53.1 Å². The monoisotopic (exact) mass is 375 g/mol. The molecular weight excluding hydrogens is 350 g/mol. The summed E-state index contributed by atoms with van der Waals surface area (Å²) in [4.78, 5) is 2.59. The molecule has 0 radical (unpaired) electrons. The highest BCUT2D eigenvalue weighted by molar-refractivity contribution is 5.85. The quantitative estimate of drug-likeness (QED) is 0.792. The summed E-state index contributed by atoms with van der Waals surface area (Å²) in [6.45, 7) is 5.96. The van der Waals surface area contributed by atoms with Gasteiger partial charge in [-0.2, -0.15) is 0 Å². The van der Waals surface area contributed by atoms with E-state index in [2.05, 4.69) is 43.0 Å². The molecule has 0 spiro atoms. The number of halogens is 1. The van der Waals surface area contributed by atoms with E-state index >= 15 is 0 Å². The zero-order valence-electron chi connectivity index (χ0n) is 15.5. The lowest BCUT2D eigenvalue weighted by Crippen LogP contribution is -2.41. The second kappa shape index (κ2) is 7.77. The highest BCUT2D eigenvalue weighted by atomic mass is 35.5. The Hall–Kier alpha value is -1.91. The van der Waals surface area contributed by atoms with Crippen LogP contribution in [0.4, 0.5) is 0 Å². The molecule has 140 valence electrons. The normalized spacial score (nSPS) is 18.4. The third kappa shape index (κ3) is 3.49. The third-order valence-electron chi connectivity index (χ3n) is 5.28. The highest BCUT2D eigenvalue weighted by Crippen LogP contribution is 2.42. The van der Waals surface area contributed by atoms with Gasteiger partial charge in [-0.3, -0.25) is 4.90 Å². The van der Waals surface area contributed by atoms with Gasteiger partial charge in [0, 0.05) is 18.6 Å². The zero-order valence-corrected chi connectivity index (χ0v) is 16.3. The Morgan fingerprint density at radius 2 is 1.81 bits per heavy atom. The van der Waals surface area contributed by atoms with Crippen LogP contribution >= 0.6 is 12.4 Å². The van der Waals surface area contributed by atoms with Crippen LogP contribution in [-0.2, 0) is 12.8 Å². The van der Waals surface area contributed by atoms with Crippen molar-refractivity contribution < 1.29 is 14.2 Å². The Labute approximate surface area is 161 Å². The van der Waals surface area contributed by atoms with Gasteiger partial charge in [0.1, 0.15) is 5.75 Å². The van der Waals surface area contributed by atoms with Crippen LogP contribution in [-0.4, -0.2) is 31.4 Å². The molecule has 1 unspecified atom stereocenters. The Morgan fingerprint density at radius 1 is 1.12 bits per heavy atom. The minimum Gasteiger partial charge on any atom is -0.497 e. The summed E-state index contributed by atoms with van der Waals surface area (Å²) in [5.74, 6) is 2.67. The lowest BCUT2D eigenvalue weighted by Gasteiger charge is -2.40. The minimum absolute atomic E-state index is 0. The van der Waals surface area contributed by atoms with Crippen LogP contribution in [0.25, 0.3) is 0 Å². The van der Waals surface area contributed by atoms with Crippen molar-refractivity contribution in [1.82, 2.24) is 4.90 Å². The molecule has 2 aromatic rings. The van der Waals surface area contributed by atoms with Crippen LogP contribution in [0, 0.1) is 0 Å². The fourth-order valence-electron chi connectivity index (χ4n) is 3.94. The van der Waals surface area contributed by atoms with Gasteiger partial charge in [0.15, 0.2) is 11.5 Å². The van der Waals surface area contributed by atoms with Gasteiger partial charge in [-0.1, -0.05) is 12.1 Å². The van der Waals surface area contributed by atoms with Crippen molar-refractivity contribution in [2.24, 2.45) is 0 Å². The Kier molecular flexibility index (Phi) is 5.64. The first-order chi connectivity index (χ1) is 12.2. The van der Waals surface area contributed by atoms with Crippen molar-refractivity contribution in [1.29, 1.82) is 0 Å². The van der Waals surface area contributed by atoms with E-state index in [1.165, 1.54) is 16.7 Å². The average molecular weight is 376 g/mol. The molecule has 2 heterocycles. The molecule has 4 nitrogen and oxygen atoms in total. The number of methoxy groups -OCH3 is 1. The predicted octanol–water partition coefficient (Wildman–Crippen LogP) is 4.40. The van der Waals surface area contributed by atoms with Crippen molar-refractivity contribution in [3.8, 4) is 17.2 Å². The second-order valence-corrected chi connectivity index (χ2v) is 7.05. The number of ether oxygens (including phenoxy) is 3. The molecule has 0 aromatic heterocycles. The number of nitrogens with zero attached hydrogens (tertiary/aromatic N) is 1. The lowest BCUT2D eigenvalue weighted by atomic mass is 9.87. The van der Waals surface area contributed by atoms with Gasteiger partial charge in [0.05, 0.1) is 7.11 Å². The van der Waals surface area contributed by atoms with Crippen LogP contribution in [0.3, 0.4) is 0 Å². The topological polar surface area (TPSA) is 30.9 Å². The molecule has 26 heavy (non-hydrogen) atoms. The van der Waals surface area contributed by atoms with E-state index in [4.69, 9.17) is 14.2 Å². The molecule has 2 aliphatic heterocycles. The number of fused-ring (bicyclic) bond motifs is 2. The summed E-state index contributed by atoms with van der Waals surface area (Å²) >= 11 is 0. The first kappa shape index (κ1) is 18.9. The number of rotatable bonds is 4. The summed E-state index contributed by atoms with van der Waals surface area (Å²) in [6, 6.07) is 13.6. The molecule has 0 fully saturated rings. The molecule has 0 amide bonds. The third-order valence-corrected chi connectivity index (χ3v) is 5.28. The van der Waals surface area contributed by atoms with Gasteiger partial charge in [-0.15, -0.1) is 12.4 Å². The molecule has 1 atom stereocenters. The maximum atomic E-state index is 5.63.